The van der Waals surface area contributed by atoms with Crippen LogP contribution in [0.4, 0.5) is 0 Å². The van der Waals surface area contributed by atoms with Crippen molar-refractivity contribution >= 4 is 17.5 Å². The predicted octanol–water partition coefficient (Wildman–Crippen LogP) is 3.22. The Kier molecular flexibility index (Phi) is 6.20. The summed E-state index contributed by atoms with van der Waals surface area (Å²) in [4.78, 5) is 25.9. The van der Waals surface area contributed by atoms with Crippen LogP contribution in [0.5, 0.6) is 0 Å². The van der Waals surface area contributed by atoms with Gasteiger partial charge in [-0.3, -0.25) is 9.59 Å². The van der Waals surface area contributed by atoms with Crippen molar-refractivity contribution in [2.75, 3.05) is 13.1 Å². The summed E-state index contributed by atoms with van der Waals surface area (Å²) in [6.45, 7) is 0.793. The molecule has 2 aliphatic rings. The molecule has 0 radical (unpaired) electrons. The van der Waals surface area contributed by atoms with Gasteiger partial charge in [0, 0.05) is 24.6 Å². The van der Waals surface area contributed by atoms with Crippen molar-refractivity contribution in [3.8, 4) is 0 Å². The van der Waals surface area contributed by atoms with Gasteiger partial charge < -0.3 is 4.90 Å². The Balaban J connectivity index is 1.61. The lowest BCUT2D eigenvalue weighted by atomic mass is 9.82. The number of hydrazone groups is 1. The van der Waals surface area contributed by atoms with Crippen molar-refractivity contribution in [3.63, 3.8) is 0 Å². The van der Waals surface area contributed by atoms with Crippen molar-refractivity contribution in [1.29, 1.82) is 0 Å². The van der Waals surface area contributed by atoms with E-state index in [0.29, 0.717) is 13.0 Å². The van der Waals surface area contributed by atoms with Gasteiger partial charge in [0.1, 0.15) is 6.54 Å². The number of benzene rings is 1. The highest BCUT2D eigenvalue weighted by atomic mass is 16.2. The molecule has 2 amide bonds. The standard InChI is InChI=1S/C20H27N3O2/c24-19(15-23-14-8-2-5-13-20(23)25)22-21-18-12-7-6-11-17(18)16-9-3-1-4-10-16/h1,3-4,9-10,17H,2,5-8,11-15H2,(H,22,24)/b21-18-/t17-/m1/s1. The molecule has 0 spiro atoms. The molecule has 1 aromatic carbocycles. The van der Waals surface area contributed by atoms with Crippen LogP contribution in [0.3, 0.4) is 0 Å². The third kappa shape index (κ3) is 4.91. The molecule has 1 atom stereocenters. The van der Waals surface area contributed by atoms with E-state index in [1.165, 1.54) is 12.0 Å². The Morgan fingerprint density at radius 3 is 2.72 bits per heavy atom. The number of rotatable bonds is 4. The molecule has 2 fully saturated rings. The molecule has 1 saturated carbocycles. The van der Waals surface area contributed by atoms with Crippen LogP contribution in [0.2, 0.25) is 0 Å². The molecule has 1 heterocycles. The quantitative estimate of drug-likeness (QED) is 0.855. The maximum absolute atomic E-state index is 12.2. The maximum atomic E-state index is 12.2. The van der Waals surface area contributed by atoms with Crippen LogP contribution in [0.15, 0.2) is 35.4 Å². The summed E-state index contributed by atoms with van der Waals surface area (Å²) in [5.41, 5.74) is 5.01. The second-order valence-corrected chi connectivity index (χ2v) is 6.97. The summed E-state index contributed by atoms with van der Waals surface area (Å²) in [5, 5.41) is 4.43. The average Bonchev–Trinajstić information content (AvgIpc) is 2.85. The van der Waals surface area contributed by atoms with Gasteiger partial charge in [-0.15, -0.1) is 0 Å². The van der Waals surface area contributed by atoms with Crippen molar-refractivity contribution < 1.29 is 9.59 Å². The number of carbonyl (C=O) groups is 2. The van der Waals surface area contributed by atoms with E-state index in [0.717, 1.165) is 44.2 Å². The number of carbonyl (C=O) groups excluding carboxylic acids is 2. The third-order valence-corrected chi connectivity index (χ3v) is 5.11. The highest BCUT2D eigenvalue weighted by Gasteiger charge is 2.23. The SMILES string of the molecule is O=C(CN1CCCCCC1=O)N/N=C1/CCCC[C@@H]1c1ccccc1. The Hall–Kier alpha value is -2.17. The zero-order valence-electron chi connectivity index (χ0n) is 14.7. The number of nitrogens with zero attached hydrogens (tertiary/aromatic N) is 2. The van der Waals surface area contributed by atoms with Crippen LogP contribution in [-0.2, 0) is 9.59 Å². The summed E-state index contributed by atoms with van der Waals surface area (Å²) in [7, 11) is 0. The fourth-order valence-electron chi connectivity index (χ4n) is 3.72. The minimum atomic E-state index is -0.194. The number of amides is 2. The summed E-state index contributed by atoms with van der Waals surface area (Å²) >= 11 is 0. The summed E-state index contributed by atoms with van der Waals surface area (Å²) in [6.07, 6.45) is 7.81. The number of nitrogens with one attached hydrogen (secondary N) is 1. The largest absolute Gasteiger partial charge is 0.333 e. The maximum Gasteiger partial charge on any atom is 0.259 e. The third-order valence-electron chi connectivity index (χ3n) is 5.11. The Labute approximate surface area is 149 Å². The molecule has 25 heavy (non-hydrogen) atoms. The summed E-state index contributed by atoms with van der Waals surface area (Å²) < 4.78 is 0. The van der Waals surface area contributed by atoms with Crippen LogP contribution in [-0.4, -0.2) is 35.5 Å². The van der Waals surface area contributed by atoms with Gasteiger partial charge in [-0.25, -0.2) is 5.43 Å². The molecule has 1 N–H and O–H groups in total. The second kappa shape index (κ2) is 8.79. The number of hydrogen-bond acceptors (Lipinski definition) is 3. The fourth-order valence-corrected chi connectivity index (χ4v) is 3.72. The van der Waals surface area contributed by atoms with Crippen LogP contribution in [0.1, 0.15) is 62.8 Å². The molecule has 1 aliphatic heterocycles. The topological polar surface area (TPSA) is 61.8 Å². The molecule has 0 bridgehead atoms. The molecule has 5 heteroatoms. The van der Waals surface area contributed by atoms with Gasteiger partial charge in [0.25, 0.3) is 5.91 Å². The van der Waals surface area contributed by atoms with E-state index >= 15 is 0 Å². The van der Waals surface area contributed by atoms with E-state index in [-0.39, 0.29) is 24.3 Å². The monoisotopic (exact) mass is 341 g/mol. The van der Waals surface area contributed by atoms with Crippen LogP contribution in [0.25, 0.3) is 0 Å². The van der Waals surface area contributed by atoms with Gasteiger partial charge in [-0.2, -0.15) is 5.10 Å². The van der Waals surface area contributed by atoms with Gasteiger partial charge >= 0.3 is 0 Å². The first kappa shape index (κ1) is 17.6. The first-order valence-corrected chi connectivity index (χ1v) is 9.42. The van der Waals surface area contributed by atoms with E-state index in [2.05, 4.69) is 22.7 Å². The van der Waals surface area contributed by atoms with E-state index < -0.39 is 0 Å². The van der Waals surface area contributed by atoms with Gasteiger partial charge in [0.15, 0.2) is 0 Å². The predicted molar refractivity (Wildman–Crippen MR) is 98.3 cm³/mol. The first-order valence-electron chi connectivity index (χ1n) is 9.42. The smallest absolute Gasteiger partial charge is 0.259 e. The minimum Gasteiger partial charge on any atom is -0.333 e. The van der Waals surface area contributed by atoms with E-state index in [1.54, 1.807) is 4.90 Å². The molecule has 134 valence electrons. The van der Waals surface area contributed by atoms with E-state index in [4.69, 9.17) is 0 Å². The van der Waals surface area contributed by atoms with E-state index in [1.807, 2.05) is 18.2 Å². The Morgan fingerprint density at radius 2 is 1.88 bits per heavy atom. The van der Waals surface area contributed by atoms with Crippen molar-refractivity contribution in [2.24, 2.45) is 5.10 Å². The van der Waals surface area contributed by atoms with Crippen LogP contribution < -0.4 is 5.43 Å². The molecular weight excluding hydrogens is 314 g/mol. The zero-order valence-corrected chi connectivity index (χ0v) is 14.7. The van der Waals surface area contributed by atoms with Gasteiger partial charge in [-0.05, 0) is 37.7 Å². The van der Waals surface area contributed by atoms with Gasteiger partial charge in [0.05, 0.1) is 0 Å². The molecule has 0 unspecified atom stereocenters. The highest BCUT2D eigenvalue weighted by Crippen LogP contribution is 2.30. The summed E-state index contributed by atoms with van der Waals surface area (Å²) in [5.74, 6) is 0.176. The molecule has 1 aliphatic carbocycles. The lowest BCUT2D eigenvalue weighted by Gasteiger charge is -2.24. The second-order valence-electron chi connectivity index (χ2n) is 6.97. The molecule has 0 aromatic heterocycles. The number of likely N-dealkylation sites (tertiary alicyclic amines) is 1. The minimum absolute atomic E-state index is 0.0835. The molecule has 1 aromatic rings. The molecule has 1 saturated heterocycles. The average molecular weight is 341 g/mol. The zero-order chi connectivity index (χ0) is 17.5. The fraction of sp³-hybridized carbons (Fsp3) is 0.550. The van der Waals surface area contributed by atoms with Crippen LogP contribution >= 0.6 is 0 Å². The molecule has 5 nitrogen and oxygen atoms in total. The molecule has 3 rings (SSSR count). The lowest BCUT2D eigenvalue weighted by molar-refractivity contribution is -0.135. The highest BCUT2D eigenvalue weighted by molar-refractivity contribution is 5.93. The Morgan fingerprint density at radius 1 is 1.08 bits per heavy atom. The van der Waals surface area contributed by atoms with Crippen molar-refractivity contribution in [1.82, 2.24) is 10.3 Å². The first-order chi connectivity index (χ1) is 12.2. The summed E-state index contributed by atoms with van der Waals surface area (Å²) in [6, 6.07) is 10.4. The van der Waals surface area contributed by atoms with Crippen LogP contribution in [0, 0.1) is 0 Å². The van der Waals surface area contributed by atoms with Crippen molar-refractivity contribution in [2.45, 2.75) is 57.3 Å². The molecular formula is C20H27N3O2. The number of hydrogen-bond donors (Lipinski definition) is 1. The van der Waals surface area contributed by atoms with E-state index in [9.17, 15) is 9.59 Å². The van der Waals surface area contributed by atoms with Gasteiger partial charge in [0.2, 0.25) is 5.91 Å². The van der Waals surface area contributed by atoms with Gasteiger partial charge in [-0.1, -0.05) is 43.2 Å². The Bertz CT molecular complexity index is 627. The van der Waals surface area contributed by atoms with Crippen molar-refractivity contribution in [3.05, 3.63) is 35.9 Å². The lowest BCUT2D eigenvalue weighted by Crippen LogP contribution is -2.39. The normalized spacial score (nSPS) is 23.4.